The van der Waals surface area contributed by atoms with Crippen LogP contribution >= 0.6 is 0 Å². The third-order valence-electron chi connectivity index (χ3n) is 7.75. The van der Waals surface area contributed by atoms with E-state index in [4.69, 9.17) is 0 Å². The molecule has 31 heavy (non-hydrogen) atoms. The number of nitrogens with one attached hydrogen (secondary N) is 2. The third-order valence-corrected chi connectivity index (χ3v) is 11.0. The molecule has 2 N–H and O–H groups in total. The van der Waals surface area contributed by atoms with Gasteiger partial charge >= 0.3 is 0 Å². The van der Waals surface area contributed by atoms with Crippen molar-refractivity contribution in [1.82, 2.24) is 10.0 Å². The molecule has 5 fully saturated rings. The molecule has 1 atom stereocenters. The van der Waals surface area contributed by atoms with Crippen molar-refractivity contribution in [3.05, 3.63) is 29.8 Å². The van der Waals surface area contributed by atoms with Crippen LogP contribution < -0.4 is 10.0 Å². The average Bonchev–Trinajstić information content (AvgIpc) is 3.03. The predicted octanol–water partition coefficient (Wildman–Crippen LogP) is 2.10. The maximum atomic E-state index is 12.8. The van der Waals surface area contributed by atoms with Gasteiger partial charge in [-0.25, -0.2) is 21.6 Å². The van der Waals surface area contributed by atoms with Gasteiger partial charge in [0.2, 0.25) is 10.0 Å². The lowest BCUT2D eigenvalue weighted by Crippen LogP contribution is -2.51. The molecule has 1 saturated heterocycles. The van der Waals surface area contributed by atoms with E-state index in [9.17, 15) is 21.6 Å². The minimum Gasteiger partial charge on any atom is -0.351 e. The van der Waals surface area contributed by atoms with Crippen molar-refractivity contribution in [1.29, 1.82) is 0 Å². The van der Waals surface area contributed by atoms with Crippen molar-refractivity contribution < 1.29 is 21.6 Å². The molecule has 1 aromatic rings. The molecule has 0 radical (unpaired) electrons. The summed E-state index contributed by atoms with van der Waals surface area (Å²) < 4.78 is 51.2. The van der Waals surface area contributed by atoms with E-state index in [1.54, 1.807) is 12.1 Å². The van der Waals surface area contributed by atoms with Gasteiger partial charge in [0.15, 0.2) is 9.84 Å². The van der Waals surface area contributed by atoms with Crippen LogP contribution in [0.4, 0.5) is 0 Å². The summed E-state index contributed by atoms with van der Waals surface area (Å²) in [5.41, 5.74) is 0.524. The van der Waals surface area contributed by atoms with Gasteiger partial charge in [0.1, 0.15) is 0 Å². The first-order valence-electron chi connectivity index (χ1n) is 11.2. The fourth-order valence-corrected chi connectivity index (χ4v) is 9.95. The highest BCUT2D eigenvalue weighted by atomic mass is 32.2. The molecule has 5 aliphatic rings. The molecule has 1 aliphatic heterocycles. The number of amides is 1. The SMILES string of the molecule is O=C(NCC12CC3CC(CC(C3)C1)C2)c1cccc(S(=O)(=O)NC2CCS(=O)(=O)C2)c1. The predicted molar refractivity (Wildman–Crippen MR) is 117 cm³/mol. The Hall–Kier alpha value is -1.45. The van der Waals surface area contributed by atoms with Gasteiger partial charge in [0.05, 0.1) is 16.4 Å². The van der Waals surface area contributed by atoms with Crippen LogP contribution in [0.25, 0.3) is 0 Å². The first-order chi connectivity index (χ1) is 14.6. The first-order valence-corrected chi connectivity index (χ1v) is 14.5. The lowest BCUT2D eigenvalue weighted by molar-refractivity contribution is -0.0503. The largest absolute Gasteiger partial charge is 0.351 e. The molecule has 7 nitrogen and oxygen atoms in total. The topological polar surface area (TPSA) is 109 Å². The Kier molecular flexibility index (Phi) is 5.22. The molecule has 1 amide bonds. The molecule has 6 rings (SSSR count). The Balaban J connectivity index is 1.25. The van der Waals surface area contributed by atoms with Crippen LogP contribution in [0, 0.1) is 23.2 Å². The van der Waals surface area contributed by atoms with Crippen LogP contribution in [-0.2, 0) is 19.9 Å². The smallest absolute Gasteiger partial charge is 0.251 e. The number of carbonyl (C=O) groups is 1. The Morgan fingerprint density at radius 3 is 2.29 bits per heavy atom. The highest BCUT2D eigenvalue weighted by Crippen LogP contribution is 2.59. The van der Waals surface area contributed by atoms with Gasteiger partial charge in [0.25, 0.3) is 5.91 Å². The fourth-order valence-electron chi connectivity index (χ4n) is 6.86. The van der Waals surface area contributed by atoms with E-state index >= 15 is 0 Å². The summed E-state index contributed by atoms with van der Waals surface area (Å²) in [6, 6.07) is 5.36. The minimum atomic E-state index is -3.90. The quantitative estimate of drug-likeness (QED) is 0.667. The maximum absolute atomic E-state index is 12.8. The van der Waals surface area contributed by atoms with Crippen molar-refractivity contribution in [3.63, 3.8) is 0 Å². The highest BCUT2D eigenvalue weighted by Gasteiger charge is 2.50. The molecule has 9 heteroatoms. The van der Waals surface area contributed by atoms with Gasteiger partial charge in [-0.15, -0.1) is 0 Å². The summed E-state index contributed by atoms with van der Waals surface area (Å²) in [7, 11) is -7.09. The van der Waals surface area contributed by atoms with Gasteiger partial charge in [-0.3, -0.25) is 4.79 Å². The first kappa shape index (κ1) is 21.4. The van der Waals surface area contributed by atoms with Crippen molar-refractivity contribution in [2.45, 2.75) is 55.9 Å². The summed E-state index contributed by atoms with van der Waals surface area (Å²) in [6.07, 6.45) is 7.91. The molecule has 1 aromatic carbocycles. The maximum Gasteiger partial charge on any atom is 0.251 e. The second-order valence-electron chi connectivity index (χ2n) is 10.3. The van der Waals surface area contributed by atoms with E-state index in [1.165, 1.54) is 50.7 Å². The van der Waals surface area contributed by atoms with E-state index in [0.717, 1.165) is 17.8 Å². The summed E-state index contributed by atoms with van der Waals surface area (Å²) in [4.78, 5) is 12.8. The van der Waals surface area contributed by atoms with Crippen LogP contribution in [0.5, 0.6) is 0 Å². The van der Waals surface area contributed by atoms with Crippen LogP contribution in [-0.4, -0.2) is 46.8 Å². The van der Waals surface area contributed by atoms with Gasteiger partial charge in [-0.05, 0) is 86.3 Å². The molecule has 0 aromatic heterocycles. The van der Waals surface area contributed by atoms with E-state index in [-0.39, 0.29) is 34.1 Å². The van der Waals surface area contributed by atoms with Gasteiger partial charge in [-0.2, -0.15) is 0 Å². The second kappa shape index (κ2) is 7.56. The van der Waals surface area contributed by atoms with E-state index in [1.807, 2.05) is 0 Å². The third kappa shape index (κ3) is 4.41. The number of hydrogen-bond acceptors (Lipinski definition) is 5. The molecule has 4 saturated carbocycles. The normalized spacial score (nSPS) is 35.9. The van der Waals surface area contributed by atoms with Crippen LogP contribution in [0.15, 0.2) is 29.2 Å². The summed E-state index contributed by atoms with van der Waals surface area (Å²) in [5, 5.41) is 3.09. The highest BCUT2D eigenvalue weighted by molar-refractivity contribution is 7.92. The lowest BCUT2D eigenvalue weighted by atomic mass is 9.49. The summed E-state index contributed by atoms with van der Waals surface area (Å²) in [6.45, 7) is 0.657. The van der Waals surface area contributed by atoms with Crippen molar-refractivity contribution in [2.75, 3.05) is 18.1 Å². The molecule has 4 bridgehead atoms. The van der Waals surface area contributed by atoms with Crippen molar-refractivity contribution in [3.8, 4) is 0 Å². The van der Waals surface area contributed by atoms with Crippen LogP contribution in [0.2, 0.25) is 0 Å². The Labute approximate surface area is 184 Å². The summed E-state index contributed by atoms with van der Waals surface area (Å²) >= 11 is 0. The number of benzene rings is 1. The standard InChI is InChI=1S/C22H30N2O5S2/c25-21(23-14-22-10-15-6-16(11-22)8-17(7-15)12-22)18-2-1-3-20(9-18)31(28,29)24-19-4-5-30(26,27)13-19/h1-3,9,15-17,19,24H,4-8,10-14H2,(H,23,25). The molecule has 170 valence electrons. The zero-order chi connectivity index (χ0) is 21.9. The molecule has 1 unspecified atom stereocenters. The Morgan fingerprint density at radius 1 is 1.06 bits per heavy atom. The number of hydrogen-bond donors (Lipinski definition) is 2. The van der Waals surface area contributed by atoms with Crippen molar-refractivity contribution in [2.24, 2.45) is 23.2 Å². The summed E-state index contributed by atoms with van der Waals surface area (Å²) in [5.74, 6) is 1.98. The van der Waals surface area contributed by atoms with Gasteiger partial charge < -0.3 is 5.32 Å². The number of carbonyl (C=O) groups excluding carboxylic acids is 1. The van der Waals surface area contributed by atoms with E-state index in [0.29, 0.717) is 12.1 Å². The molecular weight excluding hydrogens is 436 g/mol. The molecule has 0 spiro atoms. The van der Waals surface area contributed by atoms with Gasteiger partial charge in [-0.1, -0.05) is 6.07 Å². The number of sulfonamides is 1. The monoisotopic (exact) mass is 466 g/mol. The van der Waals surface area contributed by atoms with Crippen LogP contribution in [0.3, 0.4) is 0 Å². The van der Waals surface area contributed by atoms with E-state index < -0.39 is 25.9 Å². The van der Waals surface area contributed by atoms with Crippen molar-refractivity contribution >= 4 is 25.8 Å². The Morgan fingerprint density at radius 2 is 1.71 bits per heavy atom. The van der Waals surface area contributed by atoms with Crippen LogP contribution in [0.1, 0.15) is 55.3 Å². The Bertz CT molecular complexity index is 1060. The average molecular weight is 467 g/mol. The number of sulfone groups is 1. The number of rotatable bonds is 6. The minimum absolute atomic E-state index is 0.00699. The lowest BCUT2D eigenvalue weighted by Gasteiger charge is -2.56. The van der Waals surface area contributed by atoms with E-state index in [2.05, 4.69) is 10.0 Å². The molecule has 4 aliphatic carbocycles. The zero-order valence-corrected chi connectivity index (χ0v) is 19.2. The molecular formula is C22H30N2O5S2. The fraction of sp³-hybridized carbons (Fsp3) is 0.682. The van der Waals surface area contributed by atoms with Gasteiger partial charge in [0, 0.05) is 18.2 Å². The zero-order valence-electron chi connectivity index (χ0n) is 17.5. The second-order valence-corrected chi connectivity index (χ2v) is 14.3. The molecule has 1 heterocycles.